The summed E-state index contributed by atoms with van der Waals surface area (Å²) < 4.78 is 32.7. The van der Waals surface area contributed by atoms with Crippen molar-refractivity contribution >= 4 is 31.6 Å². The van der Waals surface area contributed by atoms with Gasteiger partial charge < -0.3 is 9.52 Å². The van der Waals surface area contributed by atoms with Crippen molar-refractivity contribution < 1.29 is 17.9 Å². The fourth-order valence-electron chi connectivity index (χ4n) is 1.63. The zero-order valence-corrected chi connectivity index (χ0v) is 12.5. The standard InChI is InChI=1S/C12H12BrNO4S/c1-8-12(6-11(7-15)18-8)19(16,17)14-10-4-2-3-9(13)5-10/h2-6,14-15H,7H2,1H3. The van der Waals surface area contributed by atoms with Gasteiger partial charge in [-0.05, 0) is 25.1 Å². The molecule has 0 atom stereocenters. The Bertz CT molecular complexity index is 694. The predicted octanol–water partition coefficient (Wildman–Crippen LogP) is 2.64. The van der Waals surface area contributed by atoms with Crippen molar-refractivity contribution in [2.24, 2.45) is 0 Å². The third-order valence-corrected chi connectivity index (χ3v) is 4.43. The molecule has 0 unspecified atom stereocenters. The second kappa shape index (κ2) is 5.36. The first kappa shape index (κ1) is 14.1. The lowest BCUT2D eigenvalue weighted by molar-refractivity contribution is 0.245. The Hall–Kier alpha value is -1.31. The van der Waals surface area contributed by atoms with Crippen LogP contribution in [0.15, 0.2) is 44.1 Å². The van der Waals surface area contributed by atoms with Crippen LogP contribution in [0, 0.1) is 6.92 Å². The number of halogens is 1. The highest BCUT2D eigenvalue weighted by Gasteiger charge is 2.21. The minimum Gasteiger partial charge on any atom is -0.462 e. The summed E-state index contributed by atoms with van der Waals surface area (Å²) in [6, 6.07) is 8.13. The highest BCUT2D eigenvalue weighted by molar-refractivity contribution is 9.10. The molecule has 0 saturated heterocycles. The molecule has 0 fully saturated rings. The molecule has 1 aromatic carbocycles. The van der Waals surface area contributed by atoms with Crippen LogP contribution >= 0.6 is 15.9 Å². The third kappa shape index (κ3) is 3.17. The van der Waals surface area contributed by atoms with Gasteiger partial charge in [-0.2, -0.15) is 0 Å². The maximum Gasteiger partial charge on any atom is 0.265 e. The van der Waals surface area contributed by atoms with Gasteiger partial charge in [-0.25, -0.2) is 8.42 Å². The summed E-state index contributed by atoms with van der Waals surface area (Å²) in [4.78, 5) is 0.0246. The van der Waals surface area contributed by atoms with Crippen molar-refractivity contribution in [3.8, 4) is 0 Å². The zero-order valence-electron chi connectivity index (χ0n) is 10.1. The van der Waals surface area contributed by atoms with E-state index in [0.29, 0.717) is 5.69 Å². The summed E-state index contributed by atoms with van der Waals surface area (Å²) in [6.45, 7) is 1.20. The minimum atomic E-state index is -3.73. The number of hydrogen-bond acceptors (Lipinski definition) is 4. The fraction of sp³-hybridized carbons (Fsp3) is 0.167. The number of furan rings is 1. The van der Waals surface area contributed by atoms with Crippen molar-refractivity contribution in [1.29, 1.82) is 0 Å². The average Bonchev–Trinajstić information content (AvgIpc) is 2.71. The van der Waals surface area contributed by atoms with Crippen LogP contribution in [0.1, 0.15) is 11.5 Å². The number of sulfonamides is 1. The van der Waals surface area contributed by atoms with Gasteiger partial charge in [0.05, 0.1) is 0 Å². The van der Waals surface area contributed by atoms with Crippen LogP contribution < -0.4 is 4.72 Å². The van der Waals surface area contributed by atoms with Gasteiger partial charge in [0.25, 0.3) is 10.0 Å². The molecule has 19 heavy (non-hydrogen) atoms. The molecule has 0 bridgehead atoms. The lowest BCUT2D eigenvalue weighted by atomic mass is 10.3. The summed E-state index contributed by atoms with van der Waals surface area (Å²) in [6.07, 6.45) is 0. The van der Waals surface area contributed by atoms with Crippen LogP contribution in [-0.2, 0) is 16.6 Å². The molecule has 2 rings (SSSR count). The van der Waals surface area contributed by atoms with Gasteiger partial charge >= 0.3 is 0 Å². The molecule has 0 amide bonds. The maximum atomic E-state index is 12.2. The monoisotopic (exact) mass is 345 g/mol. The van der Waals surface area contributed by atoms with E-state index in [1.54, 1.807) is 24.3 Å². The first-order valence-electron chi connectivity index (χ1n) is 5.41. The van der Waals surface area contributed by atoms with Crippen LogP contribution in [0.2, 0.25) is 0 Å². The lowest BCUT2D eigenvalue weighted by Gasteiger charge is -2.07. The van der Waals surface area contributed by atoms with Gasteiger partial charge in [-0.15, -0.1) is 0 Å². The summed E-state index contributed by atoms with van der Waals surface area (Å²) in [5, 5.41) is 8.95. The third-order valence-electron chi connectivity index (χ3n) is 2.45. The smallest absolute Gasteiger partial charge is 0.265 e. The number of aliphatic hydroxyl groups excluding tert-OH is 1. The van der Waals surface area contributed by atoms with Gasteiger partial charge in [-0.1, -0.05) is 22.0 Å². The van der Waals surface area contributed by atoms with Crippen LogP contribution in [0.3, 0.4) is 0 Å². The average molecular weight is 346 g/mol. The van der Waals surface area contributed by atoms with Crippen molar-refractivity contribution in [2.45, 2.75) is 18.4 Å². The van der Waals surface area contributed by atoms with Gasteiger partial charge in [0, 0.05) is 16.2 Å². The molecule has 0 spiro atoms. The molecular weight excluding hydrogens is 334 g/mol. The highest BCUT2D eigenvalue weighted by atomic mass is 79.9. The molecule has 1 heterocycles. The fourth-order valence-corrected chi connectivity index (χ4v) is 3.28. The highest BCUT2D eigenvalue weighted by Crippen LogP contribution is 2.24. The van der Waals surface area contributed by atoms with Gasteiger partial charge in [0.1, 0.15) is 23.0 Å². The van der Waals surface area contributed by atoms with E-state index >= 15 is 0 Å². The summed E-state index contributed by atoms with van der Waals surface area (Å²) >= 11 is 3.27. The molecule has 7 heteroatoms. The van der Waals surface area contributed by atoms with Crippen LogP contribution in [-0.4, -0.2) is 13.5 Å². The first-order valence-corrected chi connectivity index (χ1v) is 7.68. The first-order chi connectivity index (χ1) is 8.92. The van der Waals surface area contributed by atoms with E-state index in [1.807, 2.05) is 0 Å². The Morgan fingerprint density at radius 3 is 2.68 bits per heavy atom. The number of benzene rings is 1. The second-order valence-corrected chi connectivity index (χ2v) is 6.47. The van der Waals surface area contributed by atoms with Crippen LogP contribution in [0.4, 0.5) is 5.69 Å². The zero-order chi connectivity index (χ0) is 14.0. The van der Waals surface area contributed by atoms with E-state index in [-0.39, 0.29) is 23.0 Å². The summed E-state index contributed by atoms with van der Waals surface area (Å²) in [7, 11) is -3.73. The van der Waals surface area contributed by atoms with Crippen LogP contribution in [0.25, 0.3) is 0 Å². The molecule has 0 aliphatic heterocycles. The van der Waals surface area contributed by atoms with E-state index in [4.69, 9.17) is 9.52 Å². The Morgan fingerprint density at radius 2 is 2.11 bits per heavy atom. The van der Waals surface area contributed by atoms with Gasteiger partial charge in [-0.3, -0.25) is 4.72 Å². The summed E-state index contributed by atoms with van der Waals surface area (Å²) in [5.74, 6) is 0.457. The molecule has 102 valence electrons. The SMILES string of the molecule is Cc1oc(CO)cc1S(=O)(=O)Nc1cccc(Br)c1. The largest absolute Gasteiger partial charge is 0.462 e. The Labute approximate surface area is 119 Å². The molecule has 0 aliphatic rings. The van der Waals surface area contributed by atoms with E-state index in [9.17, 15) is 8.42 Å². The van der Waals surface area contributed by atoms with E-state index in [2.05, 4.69) is 20.7 Å². The van der Waals surface area contributed by atoms with Crippen LogP contribution in [0.5, 0.6) is 0 Å². The topological polar surface area (TPSA) is 79.5 Å². The number of aliphatic hydroxyl groups is 1. The van der Waals surface area contributed by atoms with Gasteiger partial charge in [0.15, 0.2) is 0 Å². The Morgan fingerprint density at radius 1 is 1.37 bits per heavy atom. The predicted molar refractivity (Wildman–Crippen MR) is 74.3 cm³/mol. The minimum absolute atomic E-state index is 0.0246. The van der Waals surface area contributed by atoms with Crippen molar-refractivity contribution in [2.75, 3.05) is 4.72 Å². The maximum absolute atomic E-state index is 12.2. The number of aryl methyl sites for hydroxylation is 1. The Kier molecular flexibility index (Phi) is 3.98. The molecular formula is C12H12BrNO4S. The molecule has 2 aromatic rings. The van der Waals surface area contributed by atoms with E-state index < -0.39 is 10.0 Å². The van der Waals surface area contributed by atoms with Crippen molar-refractivity contribution in [1.82, 2.24) is 0 Å². The molecule has 5 nitrogen and oxygen atoms in total. The number of nitrogens with one attached hydrogen (secondary N) is 1. The quantitative estimate of drug-likeness (QED) is 0.892. The lowest BCUT2D eigenvalue weighted by Crippen LogP contribution is -2.13. The Balaban J connectivity index is 2.34. The van der Waals surface area contributed by atoms with E-state index in [1.165, 1.54) is 13.0 Å². The van der Waals surface area contributed by atoms with Gasteiger partial charge in [0.2, 0.25) is 0 Å². The molecule has 0 saturated carbocycles. The number of anilines is 1. The molecule has 0 radical (unpaired) electrons. The second-order valence-electron chi connectivity index (χ2n) is 3.91. The molecule has 1 aromatic heterocycles. The molecule has 0 aliphatic carbocycles. The summed E-state index contributed by atoms with van der Waals surface area (Å²) in [5.41, 5.74) is 0.445. The number of hydrogen-bond donors (Lipinski definition) is 2. The van der Waals surface area contributed by atoms with E-state index in [0.717, 1.165) is 4.47 Å². The molecule has 2 N–H and O–H groups in total. The number of rotatable bonds is 4. The van der Waals surface area contributed by atoms with Crippen molar-refractivity contribution in [3.63, 3.8) is 0 Å². The normalized spacial score (nSPS) is 11.5. The van der Waals surface area contributed by atoms with Crippen molar-refractivity contribution in [3.05, 3.63) is 46.3 Å².